The Kier molecular flexibility index (Phi) is 33.3. The summed E-state index contributed by atoms with van der Waals surface area (Å²) in [5.74, 6) is 0. The van der Waals surface area contributed by atoms with Gasteiger partial charge in [0.2, 0.25) is 0 Å². The summed E-state index contributed by atoms with van der Waals surface area (Å²) >= 11 is 0. The molecule has 15 heteroatoms. The molecule has 10 nitrogen and oxygen atoms in total. The predicted octanol–water partition coefficient (Wildman–Crippen LogP) is 24.4. The van der Waals surface area contributed by atoms with E-state index in [1.54, 1.807) is 24.8 Å². The van der Waals surface area contributed by atoms with Gasteiger partial charge in [-0.15, -0.1) is 196 Å². The van der Waals surface area contributed by atoms with E-state index in [0.717, 1.165) is 89.6 Å². The van der Waals surface area contributed by atoms with E-state index >= 15 is 0 Å². The average molecular weight is 2420 g/mol. The molecule has 2 aliphatic rings. The van der Waals surface area contributed by atoms with Crippen molar-refractivity contribution in [3.8, 4) is 84.2 Å². The van der Waals surface area contributed by atoms with Crippen LogP contribution in [0.3, 0.4) is 0 Å². The standard InChI is InChI=1S/C18H15N2.C17H12N.C16H12N2O.2C15H10N.2C11H8N.5Ir/c1-18(2)16-7-4-3-6-14(16)15-9-8-13(12-17(15)18)20-11-5-10-19-20;1-2-7-14(8-3-1)15-9-6-10-16(13-15)17-11-4-5-12-18-17;1-17-9-10-18(11-17)14-7-4-6-13-12-5-2-3-8-15(12)19-16(13)14;2*1-2-7-13(8-3-1)15-14-9-5-4-6-12(14)10-11-16-15;2*1-2-6-10(7-3-1)11-8-4-5-9-12-11;;;;;/h3-7,9-12H,1-2H3;1-9,11-13H;2-6,8-11H,1H3;2*1-7,9-11H;2*1-6,8-9H;;;;;/q2*-1;-2;4*-1;;;;;. The summed E-state index contributed by atoms with van der Waals surface area (Å²) in [5.41, 5.74) is 21.6. The van der Waals surface area contributed by atoms with Gasteiger partial charge in [-0.1, -0.05) is 188 Å². The number of hydrogen-bond donors (Lipinski definition) is 0. The Balaban J connectivity index is 0.000000145. The monoisotopic (exact) mass is 2420 g/mol. The fourth-order valence-corrected chi connectivity index (χ4v) is 13.5. The summed E-state index contributed by atoms with van der Waals surface area (Å²) in [7, 11) is 2.00. The smallest absolute Gasteiger partial charge is 0.116 e. The minimum atomic E-state index is 0. The summed E-state index contributed by atoms with van der Waals surface area (Å²) in [6, 6.07) is 136. The van der Waals surface area contributed by atoms with Crippen molar-refractivity contribution in [2.45, 2.75) is 19.3 Å². The maximum absolute atomic E-state index is 5.99. The van der Waals surface area contributed by atoms with Crippen LogP contribution in [0.15, 0.2) is 400 Å². The molecule has 118 heavy (non-hydrogen) atoms. The van der Waals surface area contributed by atoms with Crippen molar-refractivity contribution in [1.82, 2.24) is 39.6 Å². The van der Waals surface area contributed by atoms with Crippen LogP contribution in [0, 0.1) is 49.1 Å². The van der Waals surface area contributed by atoms with E-state index in [1.165, 1.54) is 54.9 Å². The summed E-state index contributed by atoms with van der Waals surface area (Å²) in [5, 5.41) is 11.3. The van der Waals surface area contributed by atoms with E-state index in [9.17, 15) is 0 Å². The Morgan fingerprint density at radius 3 is 1.36 bits per heavy atom. The summed E-state index contributed by atoms with van der Waals surface area (Å²) in [4.78, 5) is 25.7. The average Bonchev–Trinajstić information content (AvgIpc) is 1.55. The number of aromatic nitrogens is 7. The number of nitrogens with zero attached hydrogens (tertiary/aromatic N) is 9. The molecule has 8 heterocycles. The molecule has 0 amide bonds. The van der Waals surface area contributed by atoms with Crippen LogP contribution in [0.1, 0.15) is 25.0 Å². The van der Waals surface area contributed by atoms with Crippen molar-refractivity contribution in [2.24, 2.45) is 0 Å². The number of pyridine rings is 5. The predicted molar refractivity (Wildman–Crippen MR) is 459 cm³/mol. The third-order valence-corrected chi connectivity index (χ3v) is 19.0. The van der Waals surface area contributed by atoms with Crippen molar-refractivity contribution in [3.05, 3.63) is 456 Å². The molecule has 19 aromatic rings. The van der Waals surface area contributed by atoms with Crippen LogP contribution in [0.25, 0.3) is 128 Å². The Labute approximate surface area is 757 Å². The van der Waals surface area contributed by atoms with E-state index < -0.39 is 0 Å². The largest absolute Gasteiger partial charge is 0.514 e. The zero-order chi connectivity index (χ0) is 76.8. The van der Waals surface area contributed by atoms with E-state index in [1.807, 2.05) is 308 Å². The van der Waals surface area contributed by atoms with Gasteiger partial charge in [-0.3, -0.25) is 4.68 Å². The first-order valence-corrected chi connectivity index (χ1v) is 37.2. The van der Waals surface area contributed by atoms with Crippen LogP contribution < -0.4 is 4.90 Å². The summed E-state index contributed by atoms with van der Waals surface area (Å²) in [6.45, 7) is 6.56. The quantitative estimate of drug-likeness (QED) is 0.138. The van der Waals surface area contributed by atoms with Crippen molar-refractivity contribution >= 4 is 49.2 Å². The van der Waals surface area contributed by atoms with E-state index in [0.29, 0.717) is 0 Å². The van der Waals surface area contributed by atoms with Gasteiger partial charge >= 0.3 is 0 Å². The third kappa shape index (κ3) is 22.0. The maximum Gasteiger partial charge on any atom is 0.116 e. The second-order valence-electron chi connectivity index (χ2n) is 26.8. The van der Waals surface area contributed by atoms with Crippen molar-refractivity contribution in [3.63, 3.8) is 0 Å². The van der Waals surface area contributed by atoms with Crippen LogP contribution in [0.5, 0.6) is 0 Å². The number of para-hydroxylation sites is 1. The molecule has 5 radical (unpaired) electrons. The Bertz CT molecular complexity index is 5950. The van der Waals surface area contributed by atoms with Gasteiger partial charge in [0.25, 0.3) is 0 Å². The number of fused-ring (bicyclic) bond motifs is 8. The number of furan rings is 1. The SMILES string of the molecule is CC1(C)c2ccccc2-c2c[c-]c(-n3cccn3)cc21.CN1C=CN(c2[c-]ccc3c2oc2ccccc23)[CH-]1.[Ir].[Ir].[Ir].[Ir].[Ir].[c-]1ccc(-c2ccccc2)cc1-c1ccccn1.[c-]1ccccc1-c1ccccn1.[c-]1ccccc1-c1ccccn1.[c-]1ccccc1-c1nccc2ccccc12.[c-]1ccccc1-c1nccc2ccccc12. The minimum absolute atomic E-state index is 0. The summed E-state index contributed by atoms with van der Waals surface area (Å²) in [6.07, 6.45) is 16.8. The first-order valence-electron chi connectivity index (χ1n) is 37.2. The van der Waals surface area contributed by atoms with E-state index in [4.69, 9.17) is 4.42 Å². The van der Waals surface area contributed by atoms with Gasteiger partial charge in [0.15, 0.2) is 0 Å². The Morgan fingerprint density at radius 2 is 0.839 bits per heavy atom. The van der Waals surface area contributed by atoms with Gasteiger partial charge in [-0.2, -0.15) is 42.1 Å². The molecule has 0 spiro atoms. The Morgan fingerprint density at radius 1 is 0.347 bits per heavy atom. The van der Waals surface area contributed by atoms with Gasteiger partial charge < -0.3 is 39.1 Å². The van der Waals surface area contributed by atoms with Gasteiger partial charge in [0.1, 0.15) is 5.58 Å². The second kappa shape index (κ2) is 44.2. The van der Waals surface area contributed by atoms with Crippen LogP contribution in [-0.4, -0.2) is 46.6 Å². The zero-order valence-corrected chi connectivity index (χ0v) is 76.2. The fourth-order valence-electron chi connectivity index (χ4n) is 13.5. The molecule has 0 saturated heterocycles. The van der Waals surface area contributed by atoms with Gasteiger partial charge in [-0.05, 0) is 134 Å². The maximum atomic E-state index is 5.99. The first-order chi connectivity index (χ1) is 55.8. The molecular weight excluding hydrogens is 2340 g/mol. The molecule has 0 unspecified atom stereocenters. The van der Waals surface area contributed by atoms with Crippen LogP contribution in [0.4, 0.5) is 5.69 Å². The van der Waals surface area contributed by atoms with E-state index in [2.05, 4.69) is 177 Å². The van der Waals surface area contributed by atoms with Crippen molar-refractivity contribution < 1.29 is 105 Å². The number of hydrogen-bond acceptors (Lipinski definition) is 9. The second-order valence-corrected chi connectivity index (χ2v) is 26.8. The molecule has 0 atom stereocenters. The third-order valence-electron chi connectivity index (χ3n) is 19.0. The summed E-state index contributed by atoms with van der Waals surface area (Å²) < 4.78 is 7.85. The van der Waals surface area contributed by atoms with Gasteiger partial charge in [0, 0.05) is 155 Å². The molecular formula is C103H75Ir5N9O-8. The normalized spacial score (nSPS) is 11.3. The first kappa shape index (κ1) is 88.9. The van der Waals surface area contributed by atoms with Gasteiger partial charge in [-0.25, -0.2) is 0 Å². The molecule has 0 saturated carbocycles. The molecule has 0 bridgehead atoms. The van der Waals surface area contributed by atoms with Gasteiger partial charge in [0.05, 0.1) is 0 Å². The van der Waals surface area contributed by atoms with Crippen LogP contribution in [-0.2, 0) is 106 Å². The number of rotatable bonds is 8. The van der Waals surface area contributed by atoms with Crippen LogP contribution in [0.2, 0.25) is 0 Å². The zero-order valence-electron chi connectivity index (χ0n) is 64.2. The number of anilines is 1. The molecule has 1 aliphatic heterocycles. The number of benzene rings is 12. The molecule has 7 aromatic heterocycles. The fraction of sp³-hybridized carbons (Fsp3) is 0.0388. The van der Waals surface area contributed by atoms with E-state index in [-0.39, 0.29) is 106 Å². The minimum Gasteiger partial charge on any atom is -0.514 e. The molecule has 0 N–H and O–H groups in total. The molecule has 0 fully saturated rings. The van der Waals surface area contributed by atoms with Crippen molar-refractivity contribution in [1.29, 1.82) is 0 Å². The Hall–Kier alpha value is -11.5. The van der Waals surface area contributed by atoms with Crippen molar-refractivity contribution in [2.75, 3.05) is 11.9 Å². The molecule has 1 aliphatic carbocycles. The van der Waals surface area contributed by atoms with Crippen LogP contribution >= 0.6 is 0 Å². The molecule has 12 aromatic carbocycles. The molecule has 591 valence electrons. The topological polar surface area (TPSA) is 102 Å². The molecule has 21 rings (SSSR count).